The van der Waals surface area contributed by atoms with E-state index in [4.69, 9.17) is 14.2 Å². The van der Waals surface area contributed by atoms with Crippen LogP contribution in [0.2, 0.25) is 0 Å². The van der Waals surface area contributed by atoms with Gasteiger partial charge in [-0.25, -0.2) is 0 Å². The van der Waals surface area contributed by atoms with Crippen molar-refractivity contribution in [2.24, 2.45) is 0 Å². The van der Waals surface area contributed by atoms with Crippen LogP contribution in [0, 0.1) is 0 Å². The molecule has 0 aromatic heterocycles. The Hall–Kier alpha value is -2.24. The summed E-state index contributed by atoms with van der Waals surface area (Å²) in [5.74, 6) is 2.38. The van der Waals surface area contributed by atoms with Crippen LogP contribution in [0.25, 0.3) is 0 Å². The first-order valence-corrected chi connectivity index (χ1v) is 9.04. The van der Waals surface area contributed by atoms with E-state index in [1.54, 1.807) is 7.11 Å². The second-order valence-electron chi connectivity index (χ2n) is 7.29. The number of rotatable bonds is 8. The first kappa shape index (κ1) is 18.5. The second-order valence-corrected chi connectivity index (χ2v) is 7.29. The lowest BCUT2D eigenvalue weighted by atomic mass is 10.0. The monoisotopic (exact) mass is 358 g/mol. The number of para-hydroxylation sites is 2. The van der Waals surface area contributed by atoms with Crippen LogP contribution in [0.15, 0.2) is 42.5 Å². The number of ether oxygens (including phenoxy) is 3. The number of hydrogen-bond acceptors (Lipinski definition) is 4. The maximum absolute atomic E-state index is 10.2. The van der Waals surface area contributed by atoms with E-state index in [2.05, 4.69) is 25.2 Å². The van der Waals surface area contributed by atoms with E-state index in [0.717, 1.165) is 35.6 Å². The Morgan fingerprint density at radius 3 is 2.73 bits per heavy atom. The topological polar surface area (TPSA) is 64.5 Å². The van der Waals surface area contributed by atoms with Crippen molar-refractivity contribution in [2.45, 2.75) is 38.5 Å². The summed E-state index contributed by atoms with van der Waals surface area (Å²) in [6.45, 7) is 5.68. The molecule has 1 aliphatic rings. The molecule has 3 N–H and O–H groups in total. The van der Waals surface area contributed by atoms with Gasteiger partial charge in [-0.3, -0.25) is 0 Å². The molecule has 0 radical (unpaired) electrons. The van der Waals surface area contributed by atoms with Gasteiger partial charge in [0, 0.05) is 17.5 Å². The average molecular weight is 358 g/mol. The Morgan fingerprint density at radius 2 is 1.92 bits per heavy atom. The normalized spacial score (nSPS) is 15.8. The fraction of sp³-hybridized carbons (Fsp3) is 0.429. The van der Waals surface area contributed by atoms with Crippen LogP contribution < -0.4 is 19.5 Å². The molecular formula is C21H28NO4+. The van der Waals surface area contributed by atoms with Crippen molar-refractivity contribution in [1.82, 2.24) is 0 Å². The van der Waals surface area contributed by atoms with Crippen molar-refractivity contribution in [3.63, 3.8) is 0 Å². The van der Waals surface area contributed by atoms with Crippen LogP contribution in [0.4, 0.5) is 0 Å². The molecule has 0 saturated heterocycles. The highest BCUT2D eigenvalue weighted by atomic mass is 16.5. The van der Waals surface area contributed by atoms with Gasteiger partial charge in [0.2, 0.25) is 0 Å². The smallest absolute Gasteiger partial charge is 0.165 e. The molecule has 0 aliphatic carbocycles. The van der Waals surface area contributed by atoms with E-state index in [-0.39, 0.29) is 12.2 Å². The van der Waals surface area contributed by atoms with Gasteiger partial charge in [-0.05, 0) is 32.0 Å². The lowest BCUT2D eigenvalue weighted by molar-refractivity contribution is -0.676. The molecule has 0 saturated carbocycles. The second kappa shape index (κ2) is 7.98. The molecule has 1 atom stereocenters. The number of benzene rings is 2. The number of hydrogen-bond donors (Lipinski definition) is 2. The van der Waals surface area contributed by atoms with E-state index in [0.29, 0.717) is 12.3 Å². The number of aliphatic hydroxyl groups excluding tert-OH is 1. The van der Waals surface area contributed by atoms with Gasteiger partial charge in [-0.1, -0.05) is 24.3 Å². The highest BCUT2D eigenvalue weighted by Gasteiger charge is 2.32. The molecule has 1 heterocycles. The zero-order valence-electron chi connectivity index (χ0n) is 15.7. The molecular weight excluding hydrogens is 330 g/mol. The lowest BCUT2D eigenvalue weighted by Gasteiger charge is -2.18. The largest absolute Gasteiger partial charge is 0.496 e. The lowest BCUT2D eigenvalue weighted by Crippen LogP contribution is -2.85. The molecule has 0 bridgehead atoms. The van der Waals surface area contributed by atoms with Gasteiger partial charge >= 0.3 is 0 Å². The van der Waals surface area contributed by atoms with Gasteiger partial charge in [0.05, 0.1) is 7.11 Å². The van der Waals surface area contributed by atoms with Gasteiger partial charge in [-0.15, -0.1) is 0 Å². The van der Waals surface area contributed by atoms with E-state index in [9.17, 15) is 5.11 Å². The molecule has 2 aromatic rings. The summed E-state index contributed by atoms with van der Waals surface area (Å²) in [7, 11) is 1.67. The summed E-state index contributed by atoms with van der Waals surface area (Å²) < 4.78 is 17.2. The van der Waals surface area contributed by atoms with Crippen LogP contribution in [0.1, 0.15) is 25.0 Å². The minimum absolute atomic E-state index is 0.205. The Labute approximate surface area is 154 Å². The molecule has 26 heavy (non-hydrogen) atoms. The maximum atomic E-state index is 10.2. The van der Waals surface area contributed by atoms with Gasteiger partial charge in [0.25, 0.3) is 0 Å². The number of nitrogens with two attached hydrogens (primary N) is 1. The molecule has 5 nitrogen and oxygen atoms in total. The van der Waals surface area contributed by atoms with Crippen molar-refractivity contribution < 1.29 is 24.6 Å². The minimum atomic E-state index is -0.560. The Morgan fingerprint density at radius 1 is 1.15 bits per heavy atom. The summed E-state index contributed by atoms with van der Waals surface area (Å²) in [4.78, 5) is 0. The Balaban J connectivity index is 1.48. The Bertz CT molecular complexity index is 745. The van der Waals surface area contributed by atoms with Crippen LogP contribution in [0.5, 0.6) is 17.2 Å². The molecule has 3 rings (SSSR count). The summed E-state index contributed by atoms with van der Waals surface area (Å²) in [6, 6.07) is 13.8. The maximum Gasteiger partial charge on any atom is 0.165 e. The van der Waals surface area contributed by atoms with E-state index in [1.807, 2.05) is 36.4 Å². The minimum Gasteiger partial charge on any atom is -0.496 e. The summed E-state index contributed by atoms with van der Waals surface area (Å²) in [5.41, 5.74) is 2.06. The predicted molar refractivity (Wildman–Crippen MR) is 99.8 cm³/mol. The molecule has 0 fully saturated rings. The van der Waals surface area contributed by atoms with Gasteiger partial charge in [-0.2, -0.15) is 0 Å². The quantitative estimate of drug-likeness (QED) is 0.757. The first-order valence-electron chi connectivity index (χ1n) is 9.04. The molecule has 0 spiro atoms. The number of methoxy groups -OCH3 is 1. The zero-order valence-corrected chi connectivity index (χ0v) is 15.7. The molecule has 0 amide bonds. The summed E-state index contributed by atoms with van der Waals surface area (Å²) in [6.07, 6.45) is 0.310. The van der Waals surface area contributed by atoms with Crippen LogP contribution >= 0.6 is 0 Å². The van der Waals surface area contributed by atoms with Crippen LogP contribution in [-0.4, -0.2) is 37.1 Å². The highest BCUT2D eigenvalue weighted by Crippen LogP contribution is 2.41. The number of aliphatic hydroxyl groups is 1. The number of quaternary nitrogens is 1. The molecule has 2 aromatic carbocycles. The first-order chi connectivity index (χ1) is 12.5. The van der Waals surface area contributed by atoms with Crippen LogP contribution in [-0.2, 0) is 13.0 Å². The fourth-order valence-electron chi connectivity index (χ4n) is 3.26. The molecule has 140 valence electrons. The average Bonchev–Trinajstić information content (AvgIpc) is 2.94. The third-order valence-electron chi connectivity index (χ3n) is 4.48. The zero-order chi connectivity index (χ0) is 18.6. The molecule has 1 aliphatic heterocycles. The van der Waals surface area contributed by atoms with E-state index >= 15 is 0 Å². The Kier molecular flexibility index (Phi) is 5.69. The van der Waals surface area contributed by atoms with Crippen molar-refractivity contribution in [3.05, 3.63) is 53.6 Å². The summed E-state index contributed by atoms with van der Waals surface area (Å²) in [5, 5.41) is 12.3. The number of fused-ring (bicyclic) bond motifs is 1. The van der Waals surface area contributed by atoms with E-state index < -0.39 is 6.10 Å². The third-order valence-corrected chi connectivity index (χ3v) is 4.48. The van der Waals surface area contributed by atoms with Crippen LogP contribution in [0.3, 0.4) is 0 Å². The predicted octanol–water partition coefficient (Wildman–Crippen LogP) is 1.91. The van der Waals surface area contributed by atoms with Gasteiger partial charge < -0.3 is 24.6 Å². The van der Waals surface area contributed by atoms with Crippen molar-refractivity contribution in [2.75, 3.05) is 20.3 Å². The van der Waals surface area contributed by atoms with Crippen molar-refractivity contribution in [3.8, 4) is 17.2 Å². The fourth-order valence-corrected chi connectivity index (χ4v) is 3.26. The molecule has 0 unspecified atom stereocenters. The van der Waals surface area contributed by atoms with E-state index in [1.165, 1.54) is 0 Å². The SMILES string of the molecule is COc1ccccc1C[NH2+]C[C@@H](O)COc1cccc2c1OC(C)(C)C2. The summed E-state index contributed by atoms with van der Waals surface area (Å²) >= 11 is 0. The van der Waals surface area contributed by atoms with Gasteiger partial charge in [0.15, 0.2) is 11.5 Å². The van der Waals surface area contributed by atoms with Crippen molar-refractivity contribution in [1.29, 1.82) is 0 Å². The highest BCUT2D eigenvalue weighted by molar-refractivity contribution is 5.50. The van der Waals surface area contributed by atoms with Crippen molar-refractivity contribution >= 4 is 0 Å². The standard InChI is InChI=1S/C21H27NO4/c1-21(2)11-15-8-6-10-19(20(15)26-21)25-14-17(23)13-22-12-16-7-4-5-9-18(16)24-3/h4-10,17,22-23H,11-14H2,1-3H3/p+1/t17-/m1/s1. The molecule has 5 heteroatoms. The van der Waals surface area contributed by atoms with Gasteiger partial charge in [0.1, 0.15) is 37.2 Å². The third kappa shape index (κ3) is 4.48.